The lowest BCUT2D eigenvalue weighted by atomic mass is 9.64. The lowest BCUT2D eigenvalue weighted by Crippen LogP contribution is -2.40. The van der Waals surface area contributed by atoms with Crippen LogP contribution in [0.4, 0.5) is 0 Å². The first kappa shape index (κ1) is 14.8. The zero-order valence-electron chi connectivity index (χ0n) is 12.3. The fraction of sp³-hybridized carbons (Fsp3) is 0.750. The molecule has 0 amide bonds. The molecule has 1 aliphatic carbocycles. The third-order valence-electron chi connectivity index (χ3n) is 4.71. The summed E-state index contributed by atoms with van der Waals surface area (Å²) in [5.74, 6) is 0.366. The highest BCUT2D eigenvalue weighted by Crippen LogP contribution is 2.49. The molecule has 1 saturated heterocycles. The normalized spacial score (nSPS) is 29.6. The standard InChI is InChI=1S/C16H26O3/c1-5-12(17)10-14-11(2)6-7-13(16(14,3)4)15-18-8-9-19-15/h5,12-13,15,17H,1,6-10H2,2-4H3. The van der Waals surface area contributed by atoms with Crippen LogP contribution in [-0.4, -0.2) is 30.7 Å². The molecule has 0 aromatic rings. The second kappa shape index (κ2) is 5.78. The van der Waals surface area contributed by atoms with Crippen molar-refractivity contribution in [2.75, 3.05) is 13.2 Å². The second-order valence-corrected chi connectivity index (χ2v) is 6.24. The summed E-state index contributed by atoms with van der Waals surface area (Å²) < 4.78 is 11.4. The van der Waals surface area contributed by atoms with Crippen molar-refractivity contribution < 1.29 is 14.6 Å². The first-order valence-corrected chi connectivity index (χ1v) is 7.19. The predicted octanol–water partition coefficient (Wildman–Crippen LogP) is 3.05. The fourth-order valence-electron chi connectivity index (χ4n) is 3.47. The lowest BCUT2D eigenvalue weighted by Gasteiger charge is -2.44. The van der Waals surface area contributed by atoms with E-state index in [0.29, 0.717) is 25.6 Å². The molecule has 3 heteroatoms. The summed E-state index contributed by atoms with van der Waals surface area (Å²) in [5.41, 5.74) is 2.75. The molecule has 0 radical (unpaired) electrons. The summed E-state index contributed by atoms with van der Waals surface area (Å²) in [7, 11) is 0. The molecule has 3 nitrogen and oxygen atoms in total. The van der Waals surface area contributed by atoms with Gasteiger partial charge in [-0.25, -0.2) is 0 Å². The van der Waals surface area contributed by atoms with Crippen molar-refractivity contribution in [2.24, 2.45) is 11.3 Å². The summed E-state index contributed by atoms with van der Waals surface area (Å²) in [6, 6.07) is 0. The van der Waals surface area contributed by atoms with Crippen LogP contribution in [0, 0.1) is 11.3 Å². The van der Waals surface area contributed by atoms with Crippen molar-refractivity contribution in [1.29, 1.82) is 0 Å². The Morgan fingerprint density at radius 1 is 1.42 bits per heavy atom. The Balaban J connectivity index is 2.21. The average Bonchev–Trinajstić information content (AvgIpc) is 2.87. The molecule has 1 heterocycles. The minimum atomic E-state index is -0.464. The van der Waals surface area contributed by atoms with Gasteiger partial charge in [-0.3, -0.25) is 0 Å². The summed E-state index contributed by atoms with van der Waals surface area (Å²) >= 11 is 0. The van der Waals surface area contributed by atoms with E-state index in [9.17, 15) is 5.11 Å². The Hall–Kier alpha value is -0.640. The number of ether oxygens (including phenoxy) is 2. The topological polar surface area (TPSA) is 38.7 Å². The molecule has 0 bridgehead atoms. The average molecular weight is 266 g/mol. The van der Waals surface area contributed by atoms with E-state index < -0.39 is 6.10 Å². The van der Waals surface area contributed by atoms with E-state index in [1.165, 1.54) is 11.1 Å². The molecule has 0 spiro atoms. The van der Waals surface area contributed by atoms with Crippen LogP contribution in [0.15, 0.2) is 23.8 Å². The van der Waals surface area contributed by atoms with Gasteiger partial charge in [0.05, 0.1) is 19.3 Å². The summed E-state index contributed by atoms with van der Waals surface area (Å²) in [6.45, 7) is 11.7. The molecule has 1 N–H and O–H groups in total. The van der Waals surface area contributed by atoms with Gasteiger partial charge in [0.15, 0.2) is 6.29 Å². The molecule has 2 unspecified atom stereocenters. The van der Waals surface area contributed by atoms with Gasteiger partial charge in [-0.2, -0.15) is 0 Å². The van der Waals surface area contributed by atoms with Crippen LogP contribution in [0.25, 0.3) is 0 Å². The van der Waals surface area contributed by atoms with Crippen LogP contribution in [-0.2, 0) is 9.47 Å². The third kappa shape index (κ3) is 2.93. The Bertz CT molecular complexity index is 364. The van der Waals surface area contributed by atoms with Crippen LogP contribution >= 0.6 is 0 Å². The minimum absolute atomic E-state index is 0.00132. The van der Waals surface area contributed by atoms with Crippen molar-refractivity contribution in [2.45, 2.75) is 52.4 Å². The number of aliphatic hydroxyl groups is 1. The molecule has 0 saturated carbocycles. The fourth-order valence-corrected chi connectivity index (χ4v) is 3.47. The highest BCUT2D eigenvalue weighted by molar-refractivity contribution is 5.26. The van der Waals surface area contributed by atoms with Crippen LogP contribution in [0.1, 0.15) is 40.0 Å². The van der Waals surface area contributed by atoms with Crippen molar-refractivity contribution in [1.82, 2.24) is 0 Å². The molecular formula is C16H26O3. The van der Waals surface area contributed by atoms with Gasteiger partial charge in [-0.15, -0.1) is 6.58 Å². The van der Waals surface area contributed by atoms with Gasteiger partial charge in [0.25, 0.3) is 0 Å². The zero-order valence-corrected chi connectivity index (χ0v) is 12.3. The summed E-state index contributed by atoms with van der Waals surface area (Å²) in [6.07, 6.45) is 3.90. The SMILES string of the molecule is C=CC(O)CC1=C(C)CCC(C2OCCO2)C1(C)C. The Morgan fingerprint density at radius 3 is 2.63 bits per heavy atom. The van der Waals surface area contributed by atoms with E-state index in [-0.39, 0.29) is 11.7 Å². The maximum Gasteiger partial charge on any atom is 0.161 e. The van der Waals surface area contributed by atoms with Gasteiger partial charge in [-0.05, 0) is 31.6 Å². The predicted molar refractivity (Wildman–Crippen MR) is 75.7 cm³/mol. The Morgan fingerprint density at radius 2 is 2.05 bits per heavy atom. The lowest BCUT2D eigenvalue weighted by molar-refractivity contribution is -0.115. The van der Waals surface area contributed by atoms with Crippen LogP contribution < -0.4 is 0 Å². The number of rotatable bonds is 4. The number of aliphatic hydroxyl groups excluding tert-OH is 1. The van der Waals surface area contributed by atoms with E-state index in [2.05, 4.69) is 27.4 Å². The first-order chi connectivity index (χ1) is 8.96. The maximum absolute atomic E-state index is 9.90. The van der Waals surface area contributed by atoms with E-state index >= 15 is 0 Å². The van der Waals surface area contributed by atoms with E-state index in [1.807, 2.05) is 0 Å². The molecule has 1 aliphatic heterocycles. The molecule has 0 aromatic heterocycles. The second-order valence-electron chi connectivity index (χ2n) is 6.24. The molecule has 108 valence electrons. The monoisotopic (exact) mass is 266 g/mol. The van der Waals surface area contributed by atoms with E-state index in [4.69, 9.17) is 9.47 Å². The molecule has 2 aliphatic rings. The third-order valence-corrected chi connectivity index (χ3v) is 4.71. The van der Waals surface area contributed by atoms with Crippen molar-refractivity contribution in [3.63, 3.8) is 0 Å². The van der Waals surface area contributed by atoms with Crippen molar-refractivity contribution in [3.8, 4) is 0 Å². The first-order valence-electron chi connectivity index (χ1n) is 7.19. The molecule has 2 rings (SSSR count). The van der Waals surface area contributed by atoms with Gasteiger partial charge in [0.1, 0.15) is 0 Å². The molecular weight excluding hydrogens is 240 g/mol. The van der Waals surface area contributed by atoms with E-state index in [0.717, 1.165) is 12.8 Å². The van der Waals surface area contributed by atoms with Gasteiger partial charge in [-0.1, -0.05) is 31.1 Å². The summed E-state index contributed by atoms with van der Waals surface area (Å²) in [4.78, 5) is 0. The number of allylic oxidation sites excluding steroid dienone is 1. The van der Waals surface area contributed by atoms with Crippen LogP contribution in [0.2, 0.25) is 0 Å². The molecule has 0 aromatic carbocycles. The zero-order chi connectivity index (χ0) is 14.0. The highest BCUT2D eigenvalue weighted by atomic mass is 16.7. The highest BCUT2D eigenvalue weighted by Gasteiger charge is 2.43. The van der Waals surface area contributed by atoms with Crippen molar-refractivity contribution in [3.05, 3.63) is 23.8 Å². The van der Waals surface area contributed by atoms with Gasteiger partial charge < -0.3 is 14.6 Å². The molecule has 19 heavy (non-hydrogen) atoms. The quantitative estimate of drug-likeness (QED) is 0.795. The van der Waals surface area contributed by atoms with Crippen LogP contribution in [0.3, 0.4) is 0 Å². The Labute approximate surface area is 116 Å². The maximum atomic E-state index is 9.90. The minimum Gasteiger partial charge on any atom is -0.389 e. The summed E-state index contributed by atoms with van der Waals surface area (Å²) in [5, 5.41) is 9.90. The van der Waals surface area contributed by atoms with Gasteiger partial charge in [0.2, 0.25) is 0 Å². The largest absolute Gasteiger partial charge is 0.389 e. The smallest absolute Gasteiger partial charge is 0.161 e. The van der Waals surface area contributed by atoms with Crippen molar-refractivity contribution >= 4 is 0 Å². The number of hydrogen-bond acceptors (Lipinski definition) is 3. The van der Waals surface area contributed by atoms with Gasteiger partial charge >= 0.3 is 0 Å². The Kier molecular flexibility index (Phi) is 4.49. The molecule has 2 atom stereocenters. The van der Waals surface area contributed by atoms with Gasteiger partial charge in [0, 0.05) is 5.92 Å². The van der Waals surface area contributed by atoms with E-state index in [1.54, 1.807) is 6.08 Å². The molecule has 1 fully saturated rings. The number of hydrogen-bond donors (Lipinski definition) is 1. The van der Waals surface area contributed by atoms with Crippen LogP contribution in [0.5, 0.6) is 0 Å².